The Morgan fingerprint density at radius 1 is 0.962 bits per heavy atom. The summed E-state index contributed by atoms with van der Waals surface area (Å²) >= 11 is 0. The van der Waals surface area contributed by atoms with E-state index in [4.69, 9.17) is 14.9 Å². The molecular formula is C15H26N4O7. The molecule has 11 nitrogen and oxygen atoms in total. The second-order valence-electron chi connectivity index (χ2n) is 6.26. The molecule has 148 valence electrons. The summed E-state index contributed by atoms with van der Waals surface area (Å²) in [6, 6.07) is 0. The van der Waals surface area contributed by atoms with Gasteiger partial charge in [0.15, 0.2) is 0 Å². The number of amides is 3. The zero-order chi connectivity index (χ0) is 20.2. The molecule has 0 aromatic rings. The lowest BCUT2D eigenvalue weighted by atomic mass is 10.2. The van der Waals surface area contributed by atoms with Crippen LogP contribution in [0.3, 0.4) is 0 Å². The number of rotatable bonds is 7. The third-order valence-corrected chi connectivity index (χ3v) is 2.68. The van der Waals surface area contributed by atoms with E-state index in [1.807, 2.05) is 5.32 Å². The Morgan fingerprint density at radius 3 is 2.12 bits per heavy atom. The highest BCUT2D eigenvalue weighted by Gasteiger charge is 2.18. The molecule has 3 amide bonds. The summed E-state index contributed by atoms with van der Waals surface area (Å²) in [5, 5.41) is 23.6. The predicted octanol–water partition coefficient (Wildman–Crippen LogP) is 0.896. The molecule has 0 unspecified atom stereocenters. The highest BCUT2D eigenvalue weighted by molar-refractivity contribution is 6.31. The molecule has 0 rings (SSSR count). The lowest BCUT2D eigenvalue weighted by Gasteiger charge is -2.20. The number of aliphatic imine (C=N–C) groups is 1. The van der Waals surface area contributed by atoms with Crippen molar-refractivity contribution in [3.63, 3.8) is 0 Å². The molecule has 0 saturated heterocycles. The van der Waals surface area contributed by atoms with Gasteiger partial charge in [0.25, 0.3) is 0 Å². The van der Waals surface area contributed by atoms with Gasteiger partial charge < -0.3 is 20.3 Å². The number of nitrogens with one attached hydrogen (secondary N) is 3. The molecule has 0 aliphatic heterocycles. The fourth-order valence-corrected chi connectivity index (χ4v) is 1.67. The van der Waals surface area contributed by atoms with Crippen molar-refractivity contribution in [2.24, 2.45) is 4.99 Å². The van der Waals surface area contributed by atoms with Gasteiger partial charge in [-0.15, -0.1) is 0 Å². The van der Waals surface area contributed by atoms with Crippen LogP contribution in [0.1, 0.15) is 46.5 Å². The van der Waals surface area contributed by atoms with Crippen LogP contribution in [-0.4, -0.2) is 58.9 Å². The SMILES string of the molecule is CC(C)(C)OC(=O)NC(=NCCCCCCNC(=O)C(=O)O)NC(=O)O. The highest BCUT2D eigenvalue weighted by Crippen LogP contribution is 2.06. The zero-order valence-corrected chi connectivity index (χ0v) is 15.1. The van der Waals surface area contributed by atoms with E-state index in [1.165, 1.54) is 0 Å². The van der Waals surface area contributed by atoms with E-state index < -0.39 is 29.7 Å². The van der Waals surface area contributed by atoms with Gasteiger partial charge in [-0.05, 0) is 33.6 Å². The van der Waals surface area contributed by atoms with Crippen molar-refractivity contribution in [3.05, 3.63) is 0 Å². The van der Waals surface area contributed by atoms with Gasteiger partial charge in [-0.1, -0.05) is 12.8 Å². The fourth-order valence-electron chi connectivity index (χ4n) is 1.67. The Hall–Kier alpha value is -2.85. The third-order valence-electron chi connectivity index (χ3n) is 2.68. The average Bonchev–Trinajstić information content (AvgIpc) is 2.46. The first-order valence-corrected chi connectivity index (χ1v) is 8.07. The van der Waals surface area contributed by atoms with Crippen molar-refractivity contribution < 1.29 is 34.1 Å². The van der Waals surface area contributed by atoms with Crippen LogP contribution in [0.25, 0.3) is 0 Å². The summed E-state index contributed by atoms with van der Waals surface area (Å²) in [6.45, 7) is 5.56. The lowest BCUT2D eigenvalue weighted by molar-refractivity contribution is -0.150. The lowest BCUT2D eigenvalue weighted by Crippen LogP contribution is -2.45. The Balaban J connectivity index is 4.15. The van der Waals surface area contributed by atoms with Gasteiger partial charge in [0.2, 0.25) is 5.96 Å². The van der Waals surface area contributed by atoms with Gasteiger partial charge in [0.05, 0.1) is 0 Å². The molecule has 0 saturated carbocycles. The summed E-state index contributed by atoms with van der Waals surface area (Å²) in [6.07, 6.45) is 0.510. The molecule has 0 spiro atoms. The van der Waals surface area contributed by atoms with E-state index in [9.17, 15) is 19.2 Å². The van der Waals surface area contributed by atoms with Gasteiger partial charge >= 0.3 is 24.1 Å². The number of carboxylic acids is 1. The third kappa shape index (κ3) is 13.6. The van der Waals surface area contributed by atoms with E-state index in [1.54, 1.807) is 20.8 Å². The maximum Gasteiger partial charge on any atom is 0.414 e. The molecule has 0 aromatic heterocycles. The molecular weight excluding hydrogens is 348 g/mol. The Bertz CT molecular complexity index is 541. The second-order valence-corrected chi connectivity index (χ2v) is 6.26. The van der Waals surface area contributed by atoms with E-state index in [2.05, 4.69) is 15.6 Å². The topological polar surface area (TPSA) is 166 Å². The maximum absolute atomic E-state index is 11.6. The Kier molecular flexibility index (Phi) is 10.4. The molecule has 0 heterocycles. The van der Waals surface area contributed by atoms with Crippen molar-refractivity contribution in [1.82, 2.24) is 16.0 Å². The normalized spacial score (nSPS) is 11.4. The van der Waals surface area contributed by atoms with Crippen molar-refractivity contribution in [1.29, 1.82) is 0 Å². The number of hydrogen-bond donors (Lipinski definition) is 5. The molecule has 0 bridgehead atoms. The van der Waals surface area contributed by atoms with Gasteiger partial charge in [0.1, 0.15) is 5.60 Å². The standard InChI is InChI=1S/C15H26N4O7/c1-15(2,3)26-14(25)19-12(18-13(23)24)17-9-7-5-4-6-8-16-10(20)11(21)22/h4-9H2,1-3H3,(H,16,20)(H,21,22)(H,23,24)(H2,17,18,19,25). The minimum Gasteiger partial charge on any atom is -0.474 e. The number of carbonyl (C=O) groups is 4. The smallest absolute Gasteiger partial charge is 0.414 e. The first-order chi connectivity index (χ1) is 12.0. The van der Waals surface area contributed by atoms with Gasteiger partial charge in [-0.25, -0.2) is 14.4 Å². The average molecular weight is 374 g/mol. The summed E-state index contributed by atoms with van der Waals surface area (Å²) in [4.78, 5) is 47.4. The largest absolute Gasteiger partial charge is 0.474 e. The maximum atomic E-state index is 11.6. The minimum atomic E-state index is -1.52. The second kappa shape index (κ2) is 11.7. The quantitative estimate of drug-likeness (QED) is 0.191. The molecule has 0 atom stereocenters. The number of unbranched alkanes of at least 4 members (excludes halogenated alkanes) is 3. The van der Waals surface area contributed by atoms with Crippen LogP contribution in [0, 0.1) is 0 Å². The summed E-state index contributed by atoms with van der Waals surface area (Å²) in [5.74, 6) is -2.78. The van der Waals surface area contributed by atoms with Crippen LogP contribution in [0.15, 0.2) is 4.99 Å². The fraction of sp³-hybridized carbons (Fsp3) is 0.667. The van der Waals surface area contributed by atoms with Crippen molar-refractivity contribution in [2.45, 2.75) is 52.1 Å². The van der Waals surface area contributed by atoms with Crippen molar-refractivity contribution in [3.8, 4) is 0 Å². The number of aliphatic carboxylic acids is 1. The molecule has 0 aliphatic rings. The molecule has 0 radical (unpaired) electrons. The number of hydrogen-bond acceptors (Lipinski definition) is 6. The van der Waals surface area contributed by atoms with Gasteiger partial charge in [-0.3, -0.25) is 20.4 Å². The van der Waals surface area contributed by atoms with E-state index >= 15 is 0 Å². The van der Waals surface area contributed by atoms with Crippen LogP contribution in [0.5, 0.6) is 0 Å². The Labute approximate surface area is 151 Å². The zero-order valence-electron chi connectivity index (χ0n) is 15.1. The number of guanidine groups is 1. The minimum absolute atomic E-state index is 0.222. The highest BCUT2D eigenvalue weighted by atomic mass is 16.6. The molecule has 11 heteroatoms. The number of alkyl carbamates (subject to hydrolysis) is 1. The van der Waals surface area contributed by atoms with Crippen LogP contribution in [-0.2, 0) is 14.3 Å². The summed E-state index contributed by atoms with van der Waals surface area (Å²) < 4.78 is 5.02. The molecule has 0 aromatic carbocycles. The van der Waals surface area contributed by atoms with Gasteiger partial charge in [0, 0.05) is 13.1 Å². The number of carbonyl (C=O) groups excluding carboxylic acids is 2. The van der Waals surface area contributed by atoms with Gasteiger partial charge in [-0.2, -0.15) is 0 Å². The molecule has 0 aliphatic carbocycles. The number of nitrogens with zero attached hydrogens (tertiary/aromatic N) is 1. The molecule has 26 heavy (non-hydrogen) atoms. The van der Waals surface area contributed by atoms with Crippen molar-refractivity contribution >= 4 is 30.0 Å². The summed E-state index contributed by atoms with van der Waals surface area (Å²) in [5.41, 5.74) is -0.728. The van der Waals surface area contributed by atoms with E-state index in [0.29, 0.717) is 12.8 Å². The first-order valence-electron chi connectivity index (χ1n) is 8.07. The number of carboxylic acid groups (broad SMARTS) is 2. The van der Waals surface area contributed by atoms with Crippen molar-refractivity contribution in [2.75, 3.05) is 13.1 Å². The Morgan fingerprint density at radius 2 is 1.58 bits per heavy atom. The summed E-state index contributed by atoms with van der Waals surface area (Å²) in [7, 11) is 0. The first kappa shape index (κ1) is 23.1. The van der Waals surface area contributed by atoms with Crippen LogP contribution in [0.4, 0.5) is 9.59 Å². The van der Waals surface area contributed by atoms with E-state index in [0.717, 1.165) is 12.8 Å². The molecule has 0 fully saturated rings. The predicted molar refractivity (Wildman–Crippen MR) is 91.9 cm³/mol. The number of ether oxygens (including phenoxy) is 1. The van der Waals surface area contributed by atoms with Crippen LogP contribution in [0.2, 0.25) is 0 Å². The molecule has 5 N–H and O–H groups in total. The van der Waals surface area contributed by atoms with Crippen LogP contribution < -0.4 is 16.0 Å². The van der Waals surface area contributed by atoms with Crippen LogP contribution >= 0.6 is 0 Å². The monoisotopic (exact) mass is 374 g/mol. The van der Waals surface area contributed by atoms with E-state index in [-0.39, 0.29) is 19.0 Å².